The molecule has 1 amide bonds. The van der Waals surface area contributed by atoms with Crippen molar-refractivity contribution in [1.29, 1.82) is 0 Å². The van der Waals surface area contributed by atoms with Crippen LogP contribution in [0.15, 0.2) is 60.8 Å². The Kier molecular flexibility index (Phi) is 4.99. The summed E-state index contributed by atoms with van der Waals surface area (Å²) in [6.07, 6.45) is 4.12. The molecular formula is C25H23ClN6O. The van der Waals surface area contributed by atoms with Crippen LogP contribution in [0.5, 0.6) is 0 Å². The van der Waals surface area contributed by atoms with Crippen LogP contribution in [0, 0.1) is 0 Å². The second kappa shape index (κ2) is 8.15. The third-order valence-corrected chi connectivity index (χ3v) is 6.67. The lowest BCUT2D eigenvalue weighted by molar-refractivity contribution is 0.0747. The fourth-order valence-corrected chi connectivity index (χ4v) is 4.58. The maximum atomic E-state index is 13.0. The Morgan fingerprint density at radius 1 is 0.909 bits per heavy atom. The number of piperazine rings is 1. The number of halogens is 1. The Morgan fingerprint density at radius 2 is 1.64 bits per heavy atom. The molecule has 2 aliphatic rings. The molecule has 3 heterocycles. The Morgan fingerprint density at radius 3 is 2.36 bits per heavy atom. The summed E-state index contributed by atoms with van der Waals surface area (Å²) in [6, 6.07) is 17.3. The molecule has 0 atom stereocenters. The molecule has 0 N–H and O–H groups in total. The number of fused-ring (bicyclic) bond motifs is 1. The molecule has 33 heavy (non-hydrogen) atoms. The Labute approximate surface area is 196 Å². The topological polar surface area (TPSA) is 67.2 Å². The molecule has 0 unspecified atom stereocenters. The van der Waals surface area contributed by atoms with Crippen molar-refractivity contribution in [1.82, 2.24) is 24.6 Å². The zero-order chi connectivity index (χ0) is 22.4. The van der Waals surface area contributed by atoms with Crippen LogP contribution in [-0.2, 0) is 0 Å². The highest BCUT2D eigenvalue weighted by atomic mass is 35.5. The van der Waals surface area contributed by atoms with Gasteiger partial charge in [0.05, 0.1) is 27.9 Å². The van der Waals surface area contributed by atoms with Gasteiger partial charge in [-0.05, 0) is 37.1 Å². The van der Waals surface area contributed by atoms with Gasteiger partial charge >= 0.3 is 0 Å². The molecular weight excluding hydrogens is 436 g/mol. The summed E-state index contributed by atoms with van der Waals surface area (Å²) in [7, 11) is 0. The van der Waals surface area contributed by atoms with Gasteiger partial charge in [-0.2, -0.15) is 5.10 Å². The molecule has 2 aromatic heterocycles. The normalized spacial score (nSPS) is 16.4. The second-order valence-corrected chi connectivity index (χ2v) is 8.98. The lowest BCUT2D eigenvalue weighted by Crippen LogP contribution is -2.49. The first-order chi connectivity index (χ1) is 16.2. The maximum Gasteiger partial charge on any atom is 0.255 e. The van der Waals surface area contributed by atoms with Gasteiger partial charge in [0.15, 0.2) is 5.65 Å². The van der Waals surface area contributed by atoms with Crippen molar-refractivity contribution in [3.05, 3.63) is 77.2 Å². The van der Waals surface area contributed by atoms with Crippen LogP contribution in [-0.4, -0.2) is 56.7 Å². The standard InChI is InChI=1S/C25H23ClN6O/c26-21-9-5-4-8-19(21)25(33)31-14-12-30(13-15-31)23-20-16-27-32(18-6-2-1-3-7-18)24(20)29-22(28-23)17-10-11-17/h1-9,16-17H,10-15H2. The molecule has 8 heteroatoms. The molecule has 166 valence electrons. The number of para-hydroxylation sites is 1. The van der Waals surface area contributed by atoms with Crippen LogP contribution >= 0.6 is 11.6 Å². The minimum absolute atomic E-state index is 0.0244. The summed E-state index contributed by atoms with van der Waals surface area (Å²) < 4.78 is 1.89. The summed E-state index contributed by atoms with van der Waals surface area (Å²) in [5.74, 6) is 2.21. The number of carbonyl (C=O) groups excluding carboxylic acids is 1. The van der Waals surface area contributed by atoms with E-state index in [9.17, 15) is 4.79 Å². The van der Waals surface area contributed by atoms with Gasteiger partial charge < -0.3 is 9.80 Å². The van der Waals surface area contributed by atoms with E-state index in [0.717, 1.165) is 41.2 Å². The van der Waals surface area contributed by atoms with E-state index >= 15 is 0 Å². The predicted octanol–water partition coefficient (Wildman–Crippen LogP) is 4.31. The average Bonchev–Trinajstić information content (AvgIpc) is 3.63. The van der Waals surface area contributed by atoms with Crippen LogP contribution in [0.2, 0.25) is 5.02 Å². The molecule has 6 rings (SSSR count). The van der Waals surface area contributed by atoms with Crippen LogP contribution in [0.3, 0.4) is 0 Å². The third kappa shape index (κ3) is 3.72. The van der Waals surface area contributed by atoms with E-state index in [1.54, 1.807) is 12.1 Å². The summed E-state index contributed by atoms with van der Waals surface area (Å²) in [5.41, 5.74) is 2.37. The third-order valence-electron chi connectivity index (χ3n) is 6.34. The Balaban J connectivity index is 1.30. The molecule has 2 aromatic carbocycles. The van der Waals surface area contributed by atoms with Gasteiger partial charge in [0.25, 0.3) is 5.91 Å². The fourth-order valence-electron chi connectivity index (χ4n) is 4.36. The minimum atomic E-state index is -0.0244. The van der Waals surface area contributed by atoms with Crippen molar-refractivity contribution in [3.63, 3.8) is 0 Å². The van der Waals surface area contributed by atoms with E-state index in [2.05, 4.69) is 10.00 Å². The summed E-state index contributed by atoms with van der Waals surface area (Å²) in [6.45, 7) is 2.62. The zero-order valence-electron chi connectivity index (χ0n) is 18.1. The van der Waals surface area contributed by atoms with Gasteiger partial charge in [-0.1, -0.05) is 41.9 Å². The van der Waals surface area contributed by atoms with Gasteiger partial charge in [0.1, 0.15) is 11.6 Å². The molecule has 1 saturated heterocycles. The predicted molar refractivity (Wildman–Crippen MR) is 128 cm³/mol. The summed E-state index contributed by atoms with van der Waals surface area (Å²) >= 11 is 6.25. The van der Waals surface area contributed by atoms with Gasteiger partial charge in [-0.3, -0.25) is 4.79 Å². The Bertz CT molecular complexity index is 1330. The second-order valence-electron chi connectivity index (χ2n) is 8.57. The smallest absolute Gasteiger partial charge is 0.255 e. The van der Waals surface area contributed by atoms with E-state index < -0.39 is 0 Å². The first kappa shape index (κ1) is 20.2. The molecule has 7 nitrogen and oxygen atoms in total. The first-order valence-electron chi connectivity index (χ1n) is 11.3. The number of hydrogen-bond donors (Lipinski definition) is 0. The highest BCUT2D eigenvalue weighted by Crippen LogP contribution is 2.40. The van der Waals surface area contributed by atoms with Crippen molar-refractivity contribution in [2.75, 3.05) is 31.1 Å². The summed E-state index contributed by atoms with van der Waals surface area (Å²) in [4.78, 5) is 27.0. The van der Waals surface area contributed by atoms with E-state index in [-0.39, 0.29) is 5.91 Å². The van der Waals surface area contributed by atoms with Crippen LogP contribution in [0.4, 0.5) is 5.82 Å². The van der Waals surface area contributed by atoms with Crippen molar-refractivity contribution < 1.29 is 4.79 Å². The first-order valence-corrected chi connectivity index (χ1v) is 11.7. The summed E-state index contributed by atoms with van der Waals surface area (Å²) in [5, 5.41) is 6.07. The minimum Gasteiger partial charge on any atom is -0.352 e. The molecule has 1 aliphatic carbocycles. The quantitative estimate of drug-likeness (QED) is 0.456. The highest BCUT2D eigenvalue weighted by Gasteiger charge is 2.31. The van der Waals surface area contributed by atoms with E-state index in [1.165, 1.54) is 0 Å². The lowest BCUT2D eigenvalue weighted by atomic mass is 10.1. The number of carbonyl (C=O) groups is 1. The number of benzene rings is 2. The molecule has 1 aliphatic heterocycles. The number of amides is 1. The number of hydrogen-bond acceptors (Lipinski definition) is 5. The van der Waals surface area contributed by atoms with Crippen molar-refractivity contribution >= 4 is 34.4 Å². The molecule has 2 fully saturated rings. The largest absolute Gasteiger partial charge is 0.352 e. The lowest BCUT2D eigenvalue weighted by Gasteiger charge is -2.35. The number of rotatable bonds is 4. The molecule has 1 saturated carbocycles. The number of nitrogens with zero attached hydrogens (tertiary/aromatic N) is 6. The maximum absolute atomic E-state index is 13.0. The van der Waals surface area contributed by atoms with Crippen LogP contribution in [0.1, 0.15) is 34.9 Å². The fraction of sp³-hybridized carbons (Fsp3) is 0.280. The van der Waals surface area contributed by atoms with Crippen molar-refractivity contribution in [3.8, 4) is 5.69 Å². The number of aromatic nitrogens is 4. The SMILES string of the molecule is O=C(c1ccccc1Cl)N1CCN(c2nc(C3CC3)nc3c2cnn3-c2ccccc2)CC1. The van der Waals surface area contributed by atoms with Gasteiger partial charge in [0.2, 0.25) is 0 Å². The van der Waals surface area contributed by atoms with Gasteiger partial charge in [0, 0.05) is 32.1 Å². The van der Waals surface area contributed by atoms with E-state index in [1.807, 2.05) is 58.2 Å². The van der Waals surface area contributed by atoms with Crippen molar-refractivity contribution in [2.45, 2.75) is 18.8 Å². The molecule has 4 aromatic rings. The molecule has 0 spiro atoms. The molecule has 0 bridgehead atoms. The van der Waals surface area contributed by atoms with Crippen LogP contribution in [0.25, 0.3) is 16.7 Å². The van der Waals surface area contributed by atoms with Gasteiger partial charge in [-0.15, -0.1) is 0 Å². The van der Waals surface area contributed by atoms with E-state index in [4.69, 9.17) is 21.6 Å². The highest BCUT2D eigenvalue weighted by molar-refractivity contribution is 6.33. The monoisotopic (exact) mass is 458 g/mol. The molecule has 0 radical (unpaired) electrons. The number of anilines is 1. The Hall–Kier alpha value is -3.45. The average molecular weight is 459 g/mol. The van der Waals surface area contributed by atoms with Gasteiger partial charge in [-0.25, -0.2) is 14.6 Å². The zero-order valence-corrected chi connectivity index (χ0v) is 18.8. The van der Waals surface area contributed by atoms with E-state index in [0.29, 0.717) is 42.7 Å². The van der Waals surface area contributed by atoms with Crippen molar-refractivity contribution in [2.24, 2.45) is 0 Å². The van der Waals surface area contributed by atoms with Crippen LogP contribution < -0.4 is 4.90 Å².